The average molecular weight is 528 g/mol. The lowest BCUT2D eigenvalue weighted by atomic mass is 10.1. The highest BCUT2D eigenvalue weighted by Gasteiger charge is 2.14. The first-order valence-corrected chi connectivity index (χ1v) is 12.8. The second-order valence-corrected chi connectivity index (χ2v) is 9.63. The summed E-state index contributed by atoms with van der Waals surface area (Å²) in [7, 11) is 7.81. The van der Waals surface area contributed by atoms with Crippen LogP contribution in [0.5, 0.6) is 5.75 Å². The zero-order chi connectivity index (χ0) is 27.8. The lowest BCUT2D eigenvalue weighted by molar-refractivity contribution is -0.0240. The molecule has 9 nitrogen and oxygen atoms in total. The predicted molar refractivity (Wildman–Crippen MR) is 160 cm³/mol. The molecule has 1 aromatic heterocycles. The second kappa shape index (κ2) is 13.1. The lowest BCUT2D eigenvalue weighted by Crippen LogP contribution is -2.41. The molecule has 4 aromatic rings. The summed E-state index contributed by atoms with van der Waals surface area (Å²) < 4.78 is 11.7. The third kappa shape index (κ3) is 7.29. The van der Waals surface area contributed by atoms with E-state index in [0.717, 1.165) is 52.2 Å². The number of nitrogens with one attached hydrogen (secondary N) is 2. The number of anilines is 3. The molecule has 1 heterocycles. The van der Waals surface area contributed by atoms with Crippen molar-refractivity contribution in [1.82, 2.24) is 19.8 Å². The minimum absolute atomic E-state index is 0.0294. The maximum absolute atomic E-state index is 6.14. The van der Waals surface area contributed by atoms with E-state index in [1.165, 1.54) is 0 Å². The van der Waals surface area contributed by atoms with Crippen molar-refractivity contribution in [1.29, 1.82) is 0 Å². The zero-order valence-corrected chi connectivity index (χ0v) is 23.3. The Balaban J connectivity index is 1.59. The fourth-order valence-electron chi connectivity index (χ4n) is 4.22. The molecule has 1 atom stereocenters. The summed E-state index contributed by atoms with van der Waals surface area (Å²) in [5, 5.41) is 8.15. The van der Waals surface area contributed by atoms with E-state index < -0.39 is 0 Å². The molecule has 0 spiro atoms. The topological polar surface area (TPSA) is 87.1 Å². The Morgan fingerprint density at radius 2 is 1.79 bits per heavy atom. The first-order valence-electron chi connectivity index (χ1n) is 12.8. The summed E-state index contributed by atoms with van der Waals surface area (Å²) >= 11 is 0. The quantitative estimate of drug-likeness (QED) is 0.139. The van der Waals surface area contributed by atoms with E-state index in [1.54, 1.807) is 7.11 Å². The van der Waals surface area contributed by atoms with Gasteiger partial charge in [-0.3, -0.25) is 15.2 Å². The van der Waals surface area contributed by atoms with Gasteiger partial charge in [0.05, 0.1) is 11.2 Å². The molecule has 0 aliphatic carbocycles. The highest BCUT2D eigenvalue weighted by Crippen LogP contribution is 2.31. The molecule has 0 fully saturated rings. The Morgan fingerprint density at radius 1 is 1.00 bits per heavy atom. The number of nitrogens with zero attached hydrogens (tertiary/aromatic N) is 5. The molecular weight excluding hydrogens is 490 g/mol. The average Bonchev–Trinajstić information content (AvgIpc) is 2.93. The van der Waals surface area contributed by atoms with Crippen molar-refractivity contribution in [2.45, 2.75) is 13.2 Å². The van der Waals surface area contributed by atoms with Crippen LogP contribution in [0, 0.1) is 6.92 Å². The normalized spacial score (nSPS) is 12.1. The third-order valence-electron chi connectivity index (χ3n) is 6.45. The summed E-state index contributed by atoms with van der Waals surface area (Å²) in [5.74, 6) is 2.12. The van der Waals surface area contributed by atoms with Crippen molar-refractivity contribution in [2.24, 2.45) is 5.10 Å². The molecule has 2 N–H and O–H groups in total. The molecule has 0 bridgehead atoms. The number of fused-ring (bicyclic) bond motifs is 1. The highest BCUT2D eigenvalue weighted by molar-refractivity contribution is 5.93. The number of aryl methyl sites for hydroxylation is 1. The molecule has 3 aromatic carbocycles. The van der Waals surface area contributed by atoms with Crippen molar-refractivity contribution in [3.05, 3.63) is 72.3 Å². The first-order chi connectivity index (χ1) is 18.9. The van der Waals surface area contributed by atoms with Gasteiger partial charge in [-0.25, -0.2) is 9.97 Å². The van der Waals surface area contributed by atoms with Crippen molar-refractivity contribution >= 4 is 34.8 Å². The minimum atomic E-state index is 0.0294. The van der Waals surface area contributed by atoms with Crippen LogP contribution in [0.15, 0.2) is 71.8 Å². The molecule has 0 saturated carbocycles. The Morgan fingerprint density at radius 3 is 2.49 bits per heavy atom. The molecule has 39 heavy (non-hydrogen) atoms. The van der Waals surface area contributed by atoms with Crippen molar-refractivity contribution < 1.29 is 9.47 Å². The molecule has 0 aliphatic rings. The van der Waals surface area contributed by atoms with Gasteiger partial charge in [0.25, 0.3) is 0 Å². The zero-order valence-electron chi connectivity index (χ0n) is 23.3. The van der Waals surface area contributed by atoms with Gasteiger partial charge >= 0.3 is 0 Å². The van der Waals surface area contributed by atoms with Gasteiger partial charge in [0.1, 0.15) is 24.4 Å². The van der Waals surface area contributed by atoms with Gasteiger partial charge in [-0.1, -0.05) is 30.3 Å². The fraction of sp³-hybridized carbons (Fsp3) is 0.300. The number of hydrogen-bond acceptors (Lipinski definition) is 9. The Labute approximate surface area is 230 Å². The Kier molecular flexibility index (Phi) is 9.43. The lowest BCUT2D eigenvalue weighted by Gasteiger charge is -2.27. The number of hydrogen-bond donors (Lipinski definition) is 2. The monoisotopic (exact) mass is 527 g/mol. The molecule has 4 rings (SSSR count). The minimum Gasteiger partial charge on any atom is -0.492 e. The number of ether oxygens (including phenoxy) is 2. The first kappa shape index (κ1) is 28.0. The van der Waals surface area contributed by atoms with E-state index >= 15 is 0 Å². The highest BCUT2D eigenvalue weighted by atomic mass is 16.5. The molecule has 9 heteroatoms. The Hall–Kier alpha value is -4.05. The third-order valence-corrected chi connectivity index (χ3v) is 6.45. The van der Waals surface area contributed by atoms with Gasteiger partial charge in [0.2, 0.25) is 0 Å². The maximum atomic E-state index is 6.14. The summed E-state index contributed by atoms with van der Waals surface area (Å²) in [6, 6.07) is 21.9. The number of aromatic nitrogens is 2. The summed E-state index contributed by atoms with van der Waals surface area (Å²) in [6.07, 6.45) is 0.0294. The van der Waals surface area contributed by atoms with Gasteiger partial charge < -0.3 is 14.8 Å². The van der Waals surface area contributed by atoms with Crippen LogP contribution in [0.4, 0.5) is 17.2 Å². The molecule has 0 radical (unpaired) electrons. The van der Waals surface area contributed by atoms with E-state index in [-0.39, 0.29) is 6.23 Å². The van der Waals surface area contributed by atoms with Gasteiger partial charge in [0, 0.05) is 43.6 Å². The van der Waals surface area contributed by atoms with Gasteiger partial charge in [0.15, 0.2) is 5.82 Å². The summed E-state index contributed by atoms with van der Waals surface area (Å²) in [4.78, 5) is 14.0. The molecule has 1 unspecified atom stereocenters. The summed E-state index contributed by atoms with van der Waals surface area (Å²) in [6.45, 7) is 7.61. The van der Waals surface area contributed by atoms with Crippen LogP contribution < -0.4 is 15.5 Å². The number of methoxy groups -OCH3 is 1. The SMILES string of the molecule is C=NNc1ccc(Nc2nc(-c3ccccc3)nc3ccc(OCCN(C)CC(OC)N(C)C)cc23)cc1C. The van der Waals surface area contributed by atoms with E-state index in [9.17, 15) is 0 Å². The number of benzene rings is 3. The van der Waals surface area contributed by atoms with Crippen LogP contribution in [-0.2, 0) is 4.74 Å². The number of likely N-dealkylation sites (N-methyl/N-ethyl adjacent to an activating group) is 2. The van der Waals surface area contributed by atoms with Crippen LogP contribution >= 0.6 is 0 Å². The molecule has 0 saturated heterocycles. The Bertz CT molecular complexity index is 1400. The number of hydrazone groups is 1. The van der Waals surface area contributed by atoms with Crippen LogP contribution in [0.3, 0.4) is 0 Å². The van der Waals surface area contributed by atoms with Crippen LogP contribution in [0.2, 0.25) is 0 Å². The molecule has 0 aliphatic heterocycles. The van der Waals surface area contributed by atoms with Crippen LogP contribution in [0.1, 0.15) is 5.56 Å². The van der Waals surface area contributed by atoms with Crippen LogP contribution in [0.25, 0.3) is 22.3 Å². The van der Waals surface area contributed by atoms with E-state index in [4.69, 9.17) is 19.4 Å². The van der Waals surface area contributed by atoms with E-state index in [1.807, 2.05) is 87.7 Å². The van der Waals surface area contributed by atoms with Crippen LogP contribution in [-0.4, -0.2) is 80.7 Å². The van der Waals surface area contributed by atoms with E-state index in [2.05, 4.69) is 39.4 Å². The van der Waals surface area contributed by atoms with Gasteiger partial charge in [-0.15, -0.1) is 0 Å². The van der Waals surface area contributed by atoms with Gasteiger partial charge in [-0.05, 0) is 70.0 Å². The molecule has 204 valence electrons. The standard InChI is InChI=1S/C30H37N7O2/c1-21-18-23(12-14-26(21)35-31-2)32-30-25-19-24(39-17-16-37(5)20-28(38-6)36(3)4)13-15-27(25)33-29(34-30)22-10-8-7-9-11-22/h7-15,18-19,28,35H,2,16-17,20H2,1,3-6H3,(H,32,33,34). The van der Waals surface area contributed by atoms with Crippen molar-refractivity contribution in [3.8, 4) is 17.1 Å². The maximum Gasteiger partial charge on any atom is 0.162 e. The smallest absolute Gasteiger partial charge is 0.162 e. The van der Waals surface area contributed by atoms with Crippen molar-refractivity contribution in [2.75, 3.05) is 58.7 Å². The molecule has 0 amide bonds. The van der Waals surface area contributed by atoms with E-state index in [0.29, 0.717) is 18.2 Å². The fourth-order valence-corrected chi connectivity index (χ4v) is 4.22. The summed E-state index contributed by atoms with van der Waals surface area (Å²) in [5.41, 5.74) is 7.53. The predicted octanol–water partition coefficient (Wildman–Crippen LogP) is 5.22. The van der Waals surface area contributed by atoms with Crippen molar-refractivity contribution in [3.63, 3.8) is 0 Å². The molecular formula is C30H37N7O2. The van der Waals surface area contributed by atoms with Gasteiger partial charge in [-0.2, -0.15) is 5.10 Å². The number of rotatable bonds is 13. The second-order valence-electron chi connectivity index (χ2n) is 9.63. The largest absolute Gasteiger partial charge is 0.492 e.